The fraction of sp³-hybridized carbons (Fsp3) is 0. The third kappa shape index (κ3) is 3.54. The molecule has 0 aliphatic carbocycles. The second-order valence-corrected chi connectivity index (χ2v) is 3.36. The topological polar surface area (TPSA) is 129 Å². The van der Waals surface area contributed by atoms with E-state index in [4.69, 9.17) is 35.2 Å². The Morgan fingerprint density at radius 2 is 1.56 bits per heavy atom. The van der Waals surface area contributed by atoms with E-state index in [-0.39, 0.29) is 11.9 Å². The summed E-state index contributed by atoms with van der Waals surface area (Å²) < 4.78 is 0. The van der Waals surface area contributed by atoms with Gasteiger partial charge in [0.05, 0.1) is 5.69 Å². The van der Waals surface area contributed by atoms with Gasteiger partial charge in [-0.05, 0) is 24.3 Å². The van der Waals surface area contributed by atoms with Gasteiger partial charge < -0.3 is 22.9 Å². The number of nitrogens with two attached hydrogens (primary N) is 4. The van der Waals surface area contributed by atoms with Crippen LogP contribution in [0.3, 0.4) is 0 Å². The molecule has 0 unspecified atom stereocenters. The minimum Gasteiger partial charge on any atom is -0.389 e. The van der Waals surface area contributed by atoms with E-state index in [2.05, 4.69) is 9.98 Å². The van der Waals surface area contributed by atoms with Crippen molar-refractivity contribution in [1.29, 1.82) is 0 Å². The lowest BCUT2D eigenvalue weighted by atomic mass is 10.2. The highest BCUT2D eigenvalue weighted by atomic mass is 32.1. The molecule has 0 saturated carbocycles. The molecule has 0 aliphatic heterocycles. The van der Waals surface area contributed by atoms with Crippen LogP contribution in [-0.2, 0) is 0 Å². The van der Waals surface area contributed by atoms with Gasteiger partial charge in [-0.1, -0.05) is 12.2 Å². The molecule has 0 fully saturated rings. The van der Waals surface area contributed by atoms with Crippen LogP contribution in [0.15, 0.2) is 34.3 Å². The van der Waals surface area contributed by atoms with Gasteiger partial charge in [0.15, 0.2) is 5.96 Å². The van der Waals surface area contributed by atoms with E-state index < -0.39 is 0 Å². The molecular formula is C9H12N6S. The highest BCUT2D eigenvalue weighted by molar-refractivity contribution is 7.80. The monoisotopic (exact) mass is 236 g/mol. The summed E-state index contributed by atoms with van der Waals surface area (Å²) in [5.74, 6) is -0.149. The summed E-state index contributed by atoms with van der Waals surface area (Å²) >= 11 is 4.81. The van der Waals surface area contributed by atoms with Crippen molar-refractivity contribution in [3.8, 4) is 0 Å². The van der Waals surface area contributed by atoms with Crippen molar-refractivity contribution in [2.75, 3.05) is 0 Å². The number of guanidine groups is 2. The summed E-state index contributed by atoms with van der Waals surface area (Å²) in [5, 5.41) is 0. The highest BCUT2D eigenvalue weighted by Gasteiger charge is 1.96. The summed E-state index contributed by atoms with van der Waals surface area (Å²) in [5.41, 5.74) is 22.6. The Morgan fingerprint density at radius 3 is 2.00 bits per heavy atom. The number of hydrogen-bond acceptors (Lipinski definition) is 2. The molecule has 0 saturated heterocycles. The largest absolute Gasteiger partial charge is 0.389 e. The van der Waals surface area contributed by atoms with Gasteiger partial charge in [-0.2, -0.15) is 4.99 Å². The first-order chi connectivity index (χ1) is 7.49. The lowest BCUT2D eigenvalue weighted by Crippen LogP contribution is -2.26. The zero-order valence-electron chi connectivity index (χ0n) is 8.42. The molecular weight excluding hydrogens is 224 g/mol. The minimum atomic E-state index is -0.138. The Kier molecular flexibility index (Phi) is 3.78. The smallest absolute Gasteiger partial charge is 0.223 e. The van der Waals surface area contributed by atoms with E-state index in [1.807, 2.05) is 0 Å². The molecule has 8 N–H and O–H groups in total. The summed E-state index contributed by atoms with van der Waals surface area (Å²) in [6, 6.07) is 6.90. The minimum absolute atomic E-state index is 0.0110. The normalized spacial score (nSPS) is 10.9. The summed E-state index contributed by atoms with van der Waals surface area (Å²) in [6.07, 6.45) is 0. The van der Waals surface area contributed by atoms with Gasteiger partial charge in [0.1, 0.15) is 4.99 Å². The first-order valence-corrected chi connectivity index (χ1v) is 4.73. The molecule has 16 heavy (non-hydrogen) atoms. The van der Waals surface area contributed by atoms with E-state index in [9.17, 15) is 0 Å². The first kappa shape index (κ1) is 11.9. The van der Waals surface area contributed by atoms with Crippen molar-refractivity contribution < 1.29 is 0 Å². The predicted molar refractivity (Wildman–Crippen MR) is 69.4 cm³/mol. The van der Waals surface area contributed by atoms with Crippen molar-refractivity contribution in [1.82, 2.24) is 0 Å². The van der Waals surface area contributed by atoms with E-state index >= 15 is 0 Å². The van der Waals surface area contributed by atoms with Crippen LogP contribution in [0.1, 0.15) is 5.56 Å². The lowest BCUT2D eigenvalue weighted by Gasteiger charge is -1.99. The molecule has 0 heterocycles. The quantitative estimate of drug-likeness (QED) is 0.314. The van der Waals surface area contributed by atoms with Crippen LogP contribution in [0.25, 0.3) is 0 Å². The Morgan fingerprint density at radius 1 is 1.00 bits per heavy atom. The summed E-state index contributed by atoms with van der Waals surface area (Å²) in [7, 11) is 0. The zero-order chi connectivity index (χ0) is 12.1. The van der Waals surface area contributed by atoms with Gasteiger partial charge in [-0.25, -0.2) is 4.99 Å². The molecule has 0 aromatic heterocycles. The van der Waals surface area contributed by atoms with Gasteiger partial charge in [-0.15, -0.1) is 0 Å². The molecule has 0 amide bonds. The summed E-state index contributed by atoms with van der Waals surface area (Å²) in [6.45, 7) is 0. The standard InChI is InChI=1S/C9H12N6S/c10-7(16)5-1-3-6(4-2-5)14-9(13)15-8(11)12/h1-4H,(H2,10,16)(H6,11,12,13,14,15). The molecule has 0 bridgehead atoms. The molecule has 0 radical (unpaired) electrons. The van der Waals surface area contributed by atoms with Crippen LogP contribution >= 0.6 is 12.2 Å². The predicted octanol–water partition coefficient (Wildman–Crippen LogP) is -0.460. The third-order valence-corrected chi connectivity index (χ3v) is 1.87. The molecule has 0 spiro atoms. The number of benzene rings is 1. The summed E-state index contributed by atoms with van der Waals surface area (Å²) in [4.78, 5) is 7.87. The molecule has 6 nitrogen and oxygen atoms in total. The van der Waals surface area contributed by atoms with Gasteiger partial charge in [0.2, 0.25) is 5.96 Å². The Balaban J connectivity index is 2.91. The maximum absolute atomic E-state index is 5.46. The van der Waals surface area contributed by atoms with Crippen molar-refractivity contribution >= 4 is 34.8 Å². The maximum Gasteiger partial charge on any atom is 0.223 e. The number of rotatable bonds is 2. The molecule has 1 aromatic rings. The maximum atomic E-state index is 5.46. The third-order valence-electron chi connectivity index (χ3n) is 1.64. The van der Waals surface area contributed by atoms with Crippen LogP contribution in [-0.4, -0.2) is 16.9 Å². The molecule has 7 heteroatoms. The first-order valence-electron chi connectivity index (χ1n) is 4.32. The zero-order valence-corrected chi connectivity index (χ0v) is 9.24. The number of nitrogens with zero attached hydrogens (tertiary/aromatic N) is 2. The van der Waals surface area contributed by atoms with Crippen molar-refractivity contribution in [3.63, 3.8) is 0 Å². The van der Waals surface area contributed by atoms with E-state index in [1.165, 1.54) is 0 Å². The van der Waals surface area contributed by atoms with Crippen LogP contribution in [0, 0.1) is 0 Å². The molecule has 0 atom stereocenters. The number of aliphatic imine (C=N–C) groups is 2. The van der Waals surface area contributed by atoms with Gasteiger partial charge in [-0.3, -0.25) is 0 Å². The Labute approximate surface area is 98.0 Å². The fourth-order valence-corrected chi connectivity index (χ4v) is 1.13. The molecule has 1 aromatic carbocycles. The van der Waals surface area contributed by atoms with Gasteiger partial charge in [0, 0.05) is 5.56 Å². The average Bonchev–Trinajstić information content (AvgIpc) is 2.16. The van der Waals surface area contributed by atoms with Crippen LogP contribution < -0.4 is 22.9 Å². The Bertz CT molecular complexity index is 444. The van der Waals surface area contributed by atoms with E-state index in [0.29, 0.717) is 10.7 Å². The van der Waals surface area contributed by atoms with Crippen LogP contribution in [0.4, 0.5) is 5.69 Å². The van der Waals surface area contributed by atoms with E-state index in [0.717, 1.165) is 5.56 Å². The van der Waals surface area contributed by atoms with Crippen LogP contribution in [0.2, 0.25) is 0 Å². The molecule has 1 rings (SSSR count). The number of hydrogen-bond donors (Lipinski definition) is 4. The fourth-order valence-electron chi connectivity index (χ4n) is 0.990. The van der Waals surface area contributed by atoms with E-state index in [1.54, 1.807) is 24.3 Å². The average molecular weight is 236 g/mol. The lowest BCUT2D eigenvalue weighted by molar-refractivity contribution is 1.38. The van der Waals surface area contributed by atoms with Gasteiger partial charge in [0.25, 0.3) is 0 Å². The van der Waals surface area contributed by atoms with Crippen molar-refractivity contribution in [2.24, 2.45) is 32.9 Å². The SMILES string of the molecule is NC(=S)c1ccc(N=C(N)N=C(N)N)cc1. The highest BCUT2D eigenvalue weighted by Crippen LogP contribution is 2.12. The number of thiocarbonyl (C=S) groups is 1. The molecule has 0 aliphatic rings. The second-order valence-electron chi connectivity index (χ2n) is 2.92. The Hall–Kier alpha value is -2.15. The van der Waals surface area contributed by atoms with Gasteiger partial charge >= 0.3 is 0 Å². The second kappa shape index (κ2) is 5.08. The van der Waals surface area contributed by atoms with Crippen molar-refractivity contribution in [3.05, 3.63) is 29.8 Å². The molecule has 84 valence electrons. The van der Waals surface area contributed by atoms with Crippen LogP contribution in [0.5, 0.6) is 0 Å². The van der Waals surface area contributed by atoms with Crippen molar-refractivity contribution in [2.45, 2.75) is 0 Å².